The highest BCUT2D eigenvalue weighted by atomic mass is 32.2. The fourth-order valence-electron chi connectivity index (χ4n) is 1.69. The summed E-state index contributed by atoms with van der Waals surface area (Å²) < 4.78 is 53.6. The van der Waals surface area contributed by atoms with Crippen LogP contribution in [0.3, 0.4) is 0 Å². The first-order valence-electron chi connectivity index (χ1n) is 6.37. The minimum Gasteiger partial charge on any atom is -0.280 e. The zero-order chi connectivity index (χ0) is 16.4. The largest absolute Gasteiger partial charge is 0.280 e. The molecule has 8 nitrogen and oxygen atoms in total. The molecule has 0 atom stereocenters. The molecule has 0 radical (unpaired) electrons. The van der Waals surface area contributed by atoms with Crippen LogP contribution in [0.1, 0.15) is 6.92 Å². The zero-order valence-electron chi connectivity index (χ0n) is 12.0. The average molecular weight is 344 g/mol. The Balaban J connectivity index is 2.23. The van der Waals surface area contributed by atoms with Gasteiger partial charge in [-0.1, -0.05) is 0 Å². The molecule has 1 aromatic carbocycles. The molecule has 0 unspecified atom stereocenters. The number of anilines is 1. The molecule has 10 heteroatoms. The summed E-state index contributed by atoms with van der Waals surface area (Å²) in [4.78, 5) is 0.0954. The maximum Gasteiger partial charge on any atom is 0.265 e. The van der Waals surface area contributed by atoms with Gasteiger partial charge in [-0.2, -0.15) is 5.10 Å². The van der Waals surface area contributed by atoms with Crippen molar-refractivity contribution in [1.29, 1.82) is 0 Å². The summed E-state index contributed by atoms with van der Waals surface area (Å²) in [5.41, 5.74) is 0.263. The quantitative estimate of drug-likeness (QED) is 0.798. The van der Waals surface area contributed by atoms with Crippen molar-refractivity contribution in [3.05, 3.63) is 36.7 Å². The van der Waals surface area contributed by atoms with Crippen molar-refractivity contribution in [2.75, 3.05) is 11.8 Å². The molecular formula is C12H16N4O4S2. The highest BCUT2D eigenvalue weighted by Gasteiger charge is 2.17. The van der Waals surface area contributed by atoms with E-state index in [4.69, 9.17) is 0 Å². The smallest absolute Gasteiger partial charge is 0.265 e. The van der Waals surface area contributed by atoms with Crippen molar-refractivity contribution < 1.29 is 16.8 Å². The third kappa shape index (κ3) is 3.46. The minimum absolute atomic E-state index is 0.0428. The Kier molecular flexibility index (Phi) is 4.54. The van der Waals surface area contributed by atoms with Crippen molar-refractivity contribution in [2.45, 2.75) is 23.3 Å². The second kappa shape index (κ2) is 6.07. The summed E-state index contributed by atoms with van der Waals surface area (Å²) in [6, 6.07) is 5.40. The number of benzene rings is 1. The molecule has 2 N–H and O–H groups in total. The molecule has 0 amide bonds. The van der Waals surface area contributed by atoms with Crippen molar-refractivity contribution in [1.82, 2.24) is 14.5 Å². The molecule has 120 valence electrons. The van der Waals surface area contributed by atoms with E-state index in [2.05, 4.69) is 14.5 Å². The number of hydrogen-bond acceptors (Lipinski definition) is 5. The van der Waals surface area contributed by atoms with Crippen LogP contribution in [0.5, 0.6) is 0 Å². The van der Waals surface area contributed by atoms with Crippen molar-refractivity contribution >= 4 is 25.7 Å². The van der Waals surface area contributed by atoms with Crippen molar-refractivity contribution in [2.24, 2.45) is 0 Å². The Morgan fingerprint density at radius 2 is 1.68 bits per heavy atom. The highest BCUT2D eigenvalue weighted by molar-refractivity contribution is 7.92. The van der Waals surface area contributed by atoms with Crippen molar-refractivity contribution in [3.63, 3.8) is 0 Å². The van der Waals surface area contributed by atoms with Gasteiger partial charge < -0.3 is 0 Å². The number of sulfonamides is 2. The lowest BCUT2D eigenvalue weighted by atomic mass is 10.3. The van der Waals surface area contributed by atoms with Crippen LogP contribution >= 0.6 is 0 Å². The molecule has 2 aromatic rings. The van der Waals surface area contributed by atoms with Gasteiger partial charge in [-0.25, -0.2) is 21.6 Å². The highest BCUT2D eigenvalue weighted by Crippen LogP contribution is 2.18. The minimum atomic E-state index is -3.75. The van der Waals surface area contributed by atoms with Gasteiger partial charge >= 0.3 is 0 Å². The third-order valence-corrected chi connectivity index (χ3v) is 5.70. The molecule has 0 saturated heterocycles. The number of aryl methyl sites for hydroxylation is 1. The van der Waals surface area contributed by atoms with E-state index in [-0.39, 0.29) is 15.5 Å². The number of nitrogens with zero attached hydrogens (tertiary/aromatic N) is 2. The second-order valence-electron chi connectivity index (χ2n) is 4.37. The first-order valence-corrected chi connectivity index (χ1v) is 9.34. The van der Waals surface area contributed by atoms with Gasteiger partial charge in [-0.05, 0) is 38.2 Å². The molecule has 0 aliphatic carbocycles. The summed E-state index contributed by atoms with van der Waals surface area (Å²) in [7, 11) is -6.00. The molecule has 0 bridgehead atoms. The van der Waals surface area contributed by atoms with Crippen molar-refractivity contribution in [3.8, 4) is 0 Å². The van der Waals surface area contributed by atoms with Gasteiger partial charge in [0.15, 0.2) is 0 Å². The van der Waals surface area contributed by atoms with E-state index in [1.807, 2.05) is 6.92 Å². The molecule has 2 rings (SSSR count). The van der Waals surface area contributed by atoms with E-state index < -0.39 is 20.0 Å². The molecule has 1 aromatic heterocycles. The maximum atomic E-state index is 12.2. The lowest BCUT2D eigenvalue weighted by Crippen LogP contribution is -2.18. The number of hydrogen-bond donors (Lipinski definition) is 2. The average Bonchev–Trinajstić information content (AvgIpc) is 2.97. The molecule has 0 spiro atoms. The second-order valence-corrected chi connectivity index (χ2v) is 7.94. The lowest BCUT2D eigenvalue weighted by Gasteiger charge is -2.07. The molecule has 0 aliphatic heterocycles. The molecule has 1 heterocycles. The summed E-state index contributed by atoms with van der Waals surface area (Å²) in [5.74, 6) is 0. The fraction of sp³-hybridized carbons (Fsp3) is 0.250. The third-order valence-electron chi connectivity index (χ3n) is 2.93. The predicted octanol–water partition coefficient (Wildman–Crippen LogP) is 0.612. The van der Waals surface area contributed by atoms with E-state index in [0.29, 0.717) is 6.54 Å². The van der Waals surface area contributed by atoms with Crippen LogP contribution in [0, 0.1) is 0 Å². The Morgan fingerprint density at radius 1 is 1.05 bits per heavy atom. The Morgan fingerprint density at radius 3 is 2.18 bits per heavy atom. The standard InChI is InChI=1S/C12H16N4O4S2/c1-3-16-9-12(8-14-16)22(19,20)15-10-4-6-11(7-5-10)21(17,18)13-2/h4-9,13,15H,3H2,1-2H3. The molecule has 0 saturated carbocycles. The summed E-state index contributed by atoms with van der Waals surface area (Å²) in [6.07, 6.45) is 2.67. The van der Waals surface area contributed by atoms with Gasteiger partial charge in [0.25, 0.3) is 10.0 Å². The normalized spacial score (nSPS) is 12.3. The summed E-state index contributed by atoms with van der Waals surface area (Å²) in [6.45, 7) is 2.41. The number of rotatable bonds is 6. The SMILES string of the molecule is CCn1cc(S(=O)(=O)Nc2ccc(S(=O)(=O)NC)cc2)cn1. The van der Waals surface area contributed by atoms with Gasteiger partial charge in [0.2, 0.25) is 10.0 Å². The number of aromatic nitrogens is 2. The van der Waals surface area contributed by atoms with Gasteiger partial charge in [0.05, 0.1) is 11.1 Å². The van der Waals surface area contributed by atoms with Gasteiger partial charge in [0, 0.05) is 18.4 Å². The van der Waals surface area contributed by atoms with Gasteiger partial charge in [0.1, 0.15) is 4.90 Å². The van der Waals surface area contributed by atoms with Crippen LogP contribution in [0.25, 0.3) is 0 Å². The lowest BCUT2D eigenvalue weighted by molar-refractivity contribution is 0.588. The number of nitrogens with one attached hydrogen (secondary N) is 2. The maximum absolute atomic E-state index is 12.2. The Hall–Kier alpha value is -1.91. The van der Waals surface area contributed by atoms with E-state index in [1.165, 1.54) is 48.4 Å². The van der Waals surface area contributed by atoms with Gasteiger partial charge in [-0.15, -0.1) is 0 Å². The molecular weight excluding hydrogens is 328 g/mol. The first-order chi connectivity index (χ1) is 10.3. The predicted molar refractivity (Wildman–Crippen MR) is 81.4 cm³/mol. The zero-order valence-corrected chi connectivity index (χ0v) is 13.6. The van der Waals surface area contributed by atoms with Crippen LogP contribution in [0.2, 0.25) is 0 Å². The summed E-state index contributed by atoms with van der Waals surface area (Å²) >= 11 is 0. The Bertz CT molecular complexity index is 855. The van der Waals surface area contributed by atoms with Crippen LogP contribution in [0.15, 0.2) is 46.5 Å². The monoisotopic (exact) mass is 344 g/mol. The Labute approximate surface area is 129 Å². The molecule has 0 aliphatic rings. The van der Waals surface area contributed by atoms with E-state index in [0.717, 1.165) is 0 Å². The van der Waals surface area contributed by atoms with Crippen LogP contribution in [-0.4, -0.2) is 33.7 Å². The van der Waals surface area contributed by atoms with Crippen LogP contribution in [-0.2, 0) is 26.6 Å². The first kappa shape index (κ1) is 16.5. The van der Waals surface area contributed by atoms with Crippen LogP contribution < -0.4 is 9.44 Å². The fourth-order valence-corrected chi connectivity index (χ4v) is 3.43. The van der Waals surface area contributed by atoms with E-state index >= 15 is 0 Å². The van der Waals surface area contributed by atoms with Crippen LogP contribution in [0.4, 0.5) is 5.69 Å². The van der Waals surface area contributed by atoms with E-state index in [1.54, 1.807) is 0 Å². The molecule has 0 fully saturated rings. The summed E-state index contributed by atoms with van der Waals surface area (Å²) in [5, 5.41) is 3.91. The molecule has 22 heavy (non-hydrogen) atoms. The topological polar surface area (TPSA) is 110 Å². The van der Waals surface area contributed by atoms with E-state index in [9.17, 15) is 16.8 Å². The van der Waals surface area contributed by atoms with Gasteiger partial charge in [-0.3, -0.25) is 9.40 Å².